The fourth-order valence-corrected chi connectivity index (χ4v) is 3.88. The first-order chi connectivity index (χ1) is 13.3. The molecule has 0 aliphatic carbocycles. The average molecular weight is 423 g/mol. The second-order valence-corrected chi connectivity index (χ2v) is 8.51. The molecule has 0 saturated heterocycles. The number of hydrogen-bond donors (Lipinski definition) is 2. The van der Waals surface area contributed by atoms with Crippen molar-refractivity contribution in [2.24, 2.45) is 0 Å². The molecule has 0 radical (unpaired) electrons. The van der Waals surface area contributed by atoms with E-state index in [1.807, 2.05) is 18.6 Å². The van der Waals surface area contributed by atoms with E-state index in [0.717, 1.165) is 17.3 Å². The molecular weight excluding hydrogens is 400 g/mol. The van der Waals surface area contributed by atoms with Crippen molar-refractivity contribution in [3.63, 3.8) is 0 Å². The van der Waals surface area contributed by atoms with Gasteiger partial charge in [-0.15, -0.1) is 11.8 Å². The lowest BCUT2D eigenvalue weighted by Gasteiger charge is -2.08. The number of nitrogens with one attached hydrogen (secondary N) is 2. The van der Waals surface area contributed by atoms with Crippen molar-refractivity contribution in [2.45, 2.75) is 18.7 Å². The molecule has 7 nitrogen and oxygen atoms in total. The van der Waals surface area contributed by atoms with Crippen molar-refractivity contribution in [3.05, 3.63) is 54.1 Å². The van der Waals surface area contributed by atoms with E-state index >= 15 is 0 Å². The largest absolute Gasteiger partial charge is 0.494 e. The predicted octanol–water partition coefficient (Wildman–Crippen LogP) is 2.57. The highest BCUT2D eigenvalue weighted by Gasteiger charge is 2.17. The quantitative estimate of drug-likeness (QED) is 0.644. The van der Waals surface area contributed by atoms with Gasteiger partial charge in [0.05, 0.1) is 23.0 Å². The van der Waals surface area contributed by atoms with Crippen LogP contribution in [0.2, 0.25) is 0 Å². The third-order valence-electron chi connectivity index (χ3n) is 3.49. The van der Waals surface area contributed by atoms with Crippen molar-refractivity contribution in [1.82, 2.24) is 4.72 Å². The van der Waals surface area contributed by atoms with Gasteiger partial charge in [0.1, 0.15) is 5.75 Å². The first-order valence-corrected chi connectivity index (χ1v) is 11.2. The van der Waals surface area contributed by atoms with Crippen molar-refractivity contribution >= 4 is 39.3 Å². The number of aryl methyl sites for hydroxylation is 1. The van der Waals surface area contributed by atoms with Gasteiger partial charge in [-0.3, -0.25) is 9.59 Å². The molecule has 2 aromatic rings. The maximum Gasteiger partial charge on any atom is 0.264 e. The molecule has 0 saturated carbocycles. The topological polar surface area (TPSA) is 102 Å². The number of amides is 2. The monoisotopic (exact) mass is 422 g/mol. The van der Waals surface area contributed by atoms with E-state index in [4.69, 9.17) is 4.74 Å². The van der Waals surface area contributed by atoms with Gasteiger partial charge in [0.2, 0.25) is 11.8 Å². The minimum Gasteiger partial charge on any atom is -0.494 e. The molecule has 0 bridgehead atoms. The number of anilines is 1. The third-order valence-corrected chi connectivity index (χ3v) is 5.82. The molecule has 0 aliphatic rings. The molecule has 2 rings (SSSR count). The van der Waals surface area contributed by atoms with E-state index in [0.29, 0.717) is 18.0 Å². The minimum atomic E-state index is -3.91. The number of thioether (sulfide) groups is 1. The number of hydrogen-bond acceptors (Lipinski definition) is 6. The van der Waals surface area contributed by atoms with Crippen LogP contribution >= 0.6 is 11.8 Å². The van der Waals surface area contributed by atoms with E-state index in [1.165, 1.54) is 12.1 Å². The van der Waals surface area contributed by atoms with Crippen molar-refractivity contribution in [1.29, 1.82) is 0 Å². The summed E-state index contributed by atoms with van der Waals surface area (Å²) in [4.78, 5) is 23.8. The molecule has 0 spiro atoms. The number of carbonyl (C=O) groups is 2. The summed E-state index contributed by atoms with van der Waals surface area (Å²) < 4.78 is 31.6. The Bertz CT molecular complexity index is 910. The maximum atomic E-state index is 12.1. The van der Waals surface area contributed by atoms with Gasteiger partial charge in [-0.2, -0.15) is 0 Å². The van der Waals surface area contributed by atoms with Crippen LogP contribution in [0, 0.1) is 6.92 Å². The van der Waals surface area contributed by atoms with Gasteiger partial charge >= 0.3 is 0 Å². The molecule has 0 heterocycles. The molecule has 28 heavy (non-hydrogen) atoms. The summed E-state index contributed by atoms with van der Waals surface area (Å²) in [7, 11) is -3.91. The van der Waals surface area contributed by atoms with Gasteiger partial charge in [0, 0.05) is 5.69 Å². The van der Waals surface area contributed by atoms with Gasteiger partial charge < -0.3 is 10.1 Å². The molecule has 0 unspecified atom stereocenters. The van der Waals surface area contributed by atoms with E-state index in [9.17, 15) is 18.0 Å². The second-order valence-electron chi connectivity index (χ2n) is 5.84. The zero-order valence-electron chi connectivity index (χ0n) is 15.6. The number of benzene rings is 2. The van der Waals surface area contributed by atoms with E-state index in [-0.39, 0.29) is 22.3 Å². The SMILES string of the molecule is CCOc1ccc(NC(=O)CSCC(=O)NS(=O)(=O)c2ccc(C)cc2)cc1. The fourth-order valence-electron chi connectivity index (χ4n) is 2.19. The molecule has 9 heteroatoms. The summed E-state index contributed by atoms with van der Waals surface area (Å²) in [6, 6.07) is 13.1. The lowest BCUT2D eigenvalue weighted by atomic mass is 10.2. The highest BCUT2D eigenvalue weighted by Crippen LogP contribution is 2.16. The van der Waals surface area contributed by atoms with Gasteiger partial charge in [0.15, 0.2) is 0 Å². The Kier molecular flexibility index (Phi) is 7.89. The molecule has 0 aliphatic heterocycles. The van der Waals surface area contributed by atoms with Gasteiger partial charge in [-0.1, -0.05) is 17.7 Å². The van der Waals surface area contributed by atoms with Crippen molar-refractivity contribution < 1.29 is 22.7 Å². The Morgan fingerprint density at radius 1 is 0.964 bits per heavy atom. The van der Waals surface area contributed by atoms with E-state index in [1.54, 1.807) is 36.4 Å². The molecule has 0 atom stereocenters. The van der Waals surface area contributed by atoms with Crippen LogP contribution in [0.25, 0.3) is 0 Å². The van der Waals surface area contributed by atoms with Crippen LogP contribution in [0.15, 0.2) is 53.4 Å². The molecule has 2 aromatic carbocycles. The number of ether oxygens (including phenoxy) is 1. The first-order valence-electron chi connectivity index (χ1n) is 8.53. The summed E-state index contributed by atoms with van der Waals surface area (Å²) in [5.41, 5.74) is 1.53. The van der Waals surface area contributed by atoms with Crippen LogP contribution < -0.4 is 14.8 Å². The third kappa shape index (κ3) is 6.90. The summed E-state index contributed by atoms with van der Waals surface area (Å²) in [5, 5.41) is 2.70. The van der Waals surface area contributed by atoms with Gasteiger partial charge in [-0.25, -0.2) is 13.1 Å². The predicted molar refractivity (Wildman–Crippen MR) is 110 cm³/mol. The number of rotatable bonds is 9. The summed E-state index contributed by atoms with van der Waals surface area (Å²) >= 11 is 1.03. The lowest BCUT2D eigenvalue weighted by molar-refractivity contribution is -0.116. The van der Waals surface area contributed by atoms with Crippen LogP contribution in [0.3, 0.4) is 0 Å². The maximum absolute atomic E-state index is 12.1. The molecule has 2 N–H and O–H groups in total. The van der Waals surface area contributed by atoms with Crippen LogP contribution in [0.5, 0.6) is 5.75 Å². The summed E-state index contributed by atoms with van der Waals surface area (Å²) in [6.45, 7) is 4.28. The van der Waals surface area contributed by atoms with Crippen LogP contribution in [-0.4, -0.2) is 38.3 Å². The Hall–Kier alpha value is -2.52. The Labute approximate surface area is 168 Å². The zero-order valence-corrected chi connectivity index (χ0v) is 17.2. The Morgan fingerprint density at radius 3 is 2.18 bits per heavy atom. The summed E-state index contributed by atoms with van der Waals surface area (Å²) in [6.07, 6.45) is 0. The van der Waals surface area contributed by atoms with Gasteiger partial charge in [0.25, 0.3) is 10.0 Å². The second kappa shape index (κ2) is 10.1. The number of sulfonamides is 1. The standard InChI is InChI=1S/C19H22N2O5S2/c1-3-26-16-8-6-15(7-9-16)20-18(22)12-27-13-19(23)21-28(24,25)17-10-4-14(2)5-11-17/h4-11H,3,12-13H2,1-2H3,(H,20,22)(H,21,23). The average Bonchev–Trinajstić information content (AvgIpc) is 2.63. The first kappa shape index (κ1) is 21.8. The van der Waals surface area contributed by atoms with E-state index in [2.05, 4.69) is 5.32 Å². The van der Waals surface area contributed by atoms with E-state index < -0.39 is 15.9 Å². The smallest absolute Gasteiger partial charge is 0.264 e. The molecular formula is C19H22N2O5S2. The fraction of sp³-hybridized carbons (Fsp3) is 0.263. The molecule has 0 fully saturated rings. The normalized spacial score (nSPS) is 10.9. The van der Waals surface area contributed by atoms with Crippen molar-refractivity contribution in [3.8, 4) is 5.75 Å². The van der Waals surface area contributed by atoms with Crippen LogP contribution in [-0.2, 0) is 19.6 Å². The lowest BCUT2D eigenvalue weighted by Crippen LogP contribution is -2.32. The molecule has 0 aromatic heterocycles. The highest BCUT2D eigenvalue weighted by molar-refractivity contribution is 8.00. The molecule has 150 valence electrons. The van der Waals surface area contributed by atoms with Crippen LogP contribution in [0.1, 0.15) is 12.5 Å². The zero-order chi connectivity index (χ0) is 20.6. The highest BCUT2D eigenvalue weighted by atomic mass is 32.2. The Balaban J connectivity index is 1.76. The summed E-state index contributed by atoms with van der Waals surface area (Å²) in [5.74, 6) is -0.392. The van der Waals surface area contributed by atoms with Crippen molar-refractivity contribution in [2.75, 3.05) is 23.4 Å². The molecule has 2 amide bonds. The Morgan fingerprint density at radius 2 is 1.57 bits per heavy atom. The number of carbonyl (C=O) groups excluding carboxylic acids is 2. The van der Waals surface area contributed by atoms with Crippen LogP contribution in [0.4, 0.5) is 5.69 Å². The minimum absolute atomic E-state index is 0.0182. The van der Waals surface area contributed by atoms with Gasteiger partial charge in [-0.05, 0) is 50.2 Å².